The molecule has 1 N–H and O–H groups in total. The molecule has 0 aliphatic heterocycles. The van der Waals surface area contributed by atoms with E-state index in [1.165, 1.54) is 19.2 Å². The molecule has 1 aromatic heterocycles. The lowest BCUT2D eigenvalue weighted by Crippen LogP contribution is -2.19. The Morgan fingerprint density at radius 3 is 3.07 bits per heavy atom. The van der Waals surface area contributed by atoms with Crippen molar-refractivity contribution in [2.45, 2.75) is 13.8 Å². The standard InChI is InChI=1S/C11H13FN2O/c1-8-7-14-11(12)6-10(8)4-3-5-13-9(2)15/h3-4,6-7H,5H2,1-2H3,(H,13,15). The SMILES string of the molecule is CC(=O)NCC=Cc1cc(F)ncc1C. The number of aryl methyl sites for hydroxylation is 1. The summed E-state index contributed by atoms with van der Waals surface area (Å²) in [6.45, 7) is 3.74. The molecule has 0 fully saturated rings. The van der Waals surface area contributed by atoms with E-state index in [2.05, 4.69) is 10.3 Å². The molecule has 0 aliphatic rings. The fourth-order valence-corrected chi connectivity index (χ4v) is 1.08. The van der Waals surface area contributed by atoms with E-state index in [1.54, 1.807) is 12.2 Å². The number of amides is 1. The van der Waals surface area contributed by atoms with Gasteiger partial charge in [0.2, 0.25) is 11.9 Å². The Morgan fingerprint density at radius 1 is 1.67 bits per heavy atom. The quantitative estimate of drug-likeness (QED) is 0.768. The Bertz CT molecular complexity index is 388. The number of nitrogens with one attached hydrogen (secondary N) is 1. The second-order valence-electron chi connectivity index (χ2n) is 3.20. The number of carbonyl (C=O) groups is 1. The maximum atomic E-state index is 12.8. The summed E-state index contributed by atoms with van der Waals surface area (Å²) in [5, 5.41) is 2.61. The van der Waals surface area contributed by atoms with Gasteiger partial charge in [0.15, 0.2) is 0 Å². The summed E-state index contributed by atoms with van der Waals surface area (Å²) in [6.07, 6.45) is 5.01. The Hall–Kier alpha value is -1.71. The summed E-state index contributed by atoms with van der Waals surface area (Å²) in [4.78, 5) is 14.1. The van der Waals surface area contributed by atoms with Crippen LogP contribution < -0.4 is 5.32 Å². The molecule has 1 heterocycles. The number of rotatable bonds is 3. The molecular weight excluding hydrogens is 195 g/mol. The summed E-state index contributed by atoms with van der Waals surface area (Å²) < 4.78 is 12.8. The van der Waals surface area contributed by atoms with Gasteiger partial charge in [0.1, 0.15) is 0 Å². The van der Waals surface area contributed by atoms with E-state index in [1.807, 2.05) is 6.92 Å². The fourth-order valence-electron chi connectivity index (χ4n) is 1.08. The van der Waals surface area contributed by atoms with Crippen LogP contribution >= 0.6 is 0 Å². The Morgan fingerprint density at radius 2 is 2.40 bits per heavy atom. The van der Waals surface area contributed by atoms with Crippen LogP contribution in [0.5, 0.6) is 0 Å². The van der Waals surface area contributed by atoms with Crippen LogP contribution in [0.1, 0.15) is 18.1 Å². The minimum atomic E-state index is -0.500. The van der Waals surface area contributed by atoms with E-state index in [9.17, 15) is 9.18 Å². The molecule has 0 spiro atoms. The minimum absolute atomic E-state index is 0.0859. The average Bonchev–Trinajstić information content (AvgIpc) is 2.17. The molecule has 3 nitrogen and oxygen atoms in total. The van der Waals surface area contributed by atoms with Gasteiger partial charge >= 0.3 is 0 Å². The second-order valence-corrected chi connectivity index (χ2v) is 3.20. The largest absolute Gasteiger partial charge is 0.353 e. The molecule has 1 rings (SSSR count). The maximum absolute atomic E-state index is 12.8. The van der Waals surface area contributed by atoms with E-state index in [0.717, 1.165) is 11.1 Å². The van der Waals surface area contributed by atoms with Crippen molar-refractivity contribution in [3.8, 4) is 0 Å². The Kier molecular flexibility index (Phi) is 3.97. The zero-order chi connectivity index (χ0) is 11.3. The molecule has 0 saturated heterocycles. The van der Waals surface area contributed by atoms with Crippen LogP contribution in [0.3, 0.4) is 0 Å². The van der Waals surface area contributed by atoms with Gasteiger partial charge in [0, 0.05) is 25.7 Å². The van der Waals surface area contributed by atoms with Crippen molar-refractivity contribution in [1.82, 2.24) is 10.3 Å². The van der Waals surface area contributed by atoms with Crippen LogP contribution in [0, 0.1) is 12.9 Å². The lowest BCUT2D eigenvalue weighted by Gasteiger charge is -1.99. The van der Waals surface area contributed by atoms with Crippen LogP contribution in [0.4, 0.5) is 4.39 Å². The fraction of sp³-hybridized carbons (Fsp3) is 0.273. The second kappa shape index (κ2) is 5.24. The molecule has 0 unspecified atom stereocenters. The predicted molar refractivity (Wildman–Crippen MR) is 56.6 cm³/mol. The summed E-state index contributed by atoms with van der Waals surface area (Å²) in [7, 11) is 0. The first-order chi connectivity index (χ1) is 7.09. The molecule has 0 aromatic carbocycles. The number of hydrogen-bond acceptors (Lipinski definition) is 2. The third kappa shape index (κ3) is 3.89. The van der Waals surface area contributed by atoms with Crippen molar-refractivity contribution in [2.24, 2.45) is 0 Å². The van der Waals surface area contributed by atoms with E-state index in [0.29, 0.717) is 6.54 Å². The number of carbonyl (C=O) groups excluding carboxylic acids is 1. The zero-order valence-electron chi connectivity index (χ0n) is 8.75. The number of pyridine rings is 1. The first-order valence-corrected chi connectivity index (χ1v) is 4.62. The lowest BCUT2D eigenvalue weighted by molar-refractivity contribution is -0.118. The predicted octanol–water partition coefficient (Wildman–Crippen LogP) is 1.68. The van der Waals surface area contributed by atoms with Gasteiger partial charge in [-0.25, -0.2) is 4.98 Å². The number of aromatic nitrogens is 1. The Labute approximate surface area is 88.0 Å². The van der Waals surface area contributed by atoms with E-state index >= 15 is 0 Å². The third-order valence-electron chi connectivity index (χ3n) is 1.88. The van der Waals surface area contributed by atoms with Crippen molar-refractivity contribution >= 4 is 12.0 Å². The highest BCUT2D eigenvalue weighted by Crippen LogP contribution is 2.09. The minimum Gasteiger partial charge on any atom is -0.353 e. The molecule has 80 valence electrons. The molecule has 15 heavy (non-hydrogen) atoms. The Balaban J connectivity index is 2.63. The van der Waals surface area contributed by atoms with Gasteiger partial charge in [-0.1, -0.05) is 12.2 Å². The van der Waals surface area contributed by atoms with Gasteiger partial charge in [0.05, 0.1) is 0 Å². The lowest BCUT2D eigenvalue weighted by atomic mass is 10.1. The van der Waals surface area contributed by atoms with Crippen molar-refractivity contribution < 1.29 is 9.18 Å². The van der Waals surface area contributed by atoms with Crippen LogP contribution in [-0.4, -0.2) is 17.4 Å². The molecular formula is C11H13FN2O. The zero-order valence-corrected chi connectivity index (χ0v) is 8.75. The van der Waals surface area contributed by atoms with Crippen molar-refractivity contribution in [1.29, 1.82) is 0 Å². The van der Waals surface area contributed by atoms with Crippen LogP contribution in [0.25, 0.3) is 6.08 Å². The monoisotopic (exact) mass is 208 g/mol. The van der Waals surface area contributed by atoms with Gasteiger partial charge in [-0.05, 0) is 18.1 Å². The van der Waals surface area contributed by atoms with Gasteiger partial charge < -0.3 is 5.32 Å². The van der Waals surface area contributed by atoms with E-state index < -0.39 is 5.95 Å². The summed E-state index contributed by atoms with van der Waals surface area (Å²) >= 11 is 0. The first kappa shape index (κ1) is 11.4. The molecule has 4 heteroatoms. The third-order valence-corrected chi connectivity index (χ3v) is 1.88. The first-order valence-electron chi connectivity index (χ1n) is 4.62. The maximum Gasteiger partial charge on any atom is 0.217 e. The summed E-state index contributed by atoms with van der Waals surface area (Å²) in [5.41, 5.74) is 1.67. The number of hydrogen-bond donors (Lipinski definition) is 1. The van der Waals surface area contributed by atoms with Gasteiger partial charge in [-0.15, -0.1) is 0 Å². The summed E-state index contributed by atoms with van der Waals surface area (Å²) in [5.74, 6) is -0.586. The summed E-state index contributed by atoms with van der Waals surface area (Å²) in [6, 6.07) is 1.36. The van der Waals surface area contributed by atoms with Crippen LogP contribution in [0.2, 0.25) is 0 Å². The highest BCUT2D eigenvalue weighted by atomic mass is 19.1. The highest BCUT2D eigenvalue weighted by Gasteiger charge is 1.97. The smallest absolute Gasteiger partial charge is 0.217 e. The highest BCUT2D eigenvalue weighted by molar-refractivity contribution is 5.73. The molecule has 0 atom stereocenters. The van der Waals surface area contributed by atoms with Crippen LogP contribution in [0.15, 0.2) is 18.3 Å². The van der Waals surface area contributed by atoms with Crippen molar-refractivity contribution in [2.75, 3.05) is 6.54 Å². The van der Waals surface area contributed by atoms with Gasteiger partial charge in [-0.3, -0.25) is 4.79 Å². The van der Waals surface area contributed by atoms with Gasteiger partial charge in [0.25, 0.3) is 0 Å². The normalized spacial score (nSPS) is 10.6. The van der Waals surface area contributed by atoms with E-state index in [-0.39, 0.29) is 5.91 Å². The molecule has 1 aromatic rings. The molecule has 0 radical (unpaired) electrons. The van der Waals surface area contributed by atoms with Crippen LogP contribution in [-0.2, 0) is 4.79 Å². The molecule has 0 bridgehead atoms. The van der Waals surface area contributed by atoms with Crippen molar-refractivity contribution in [3.63, 3.8) is 0 Å². The number of nitrogens with zero attached hydrogens (tertiary/aromatic N) is 1. The average molecular weight is 208 g/mol. The van der Waals surface area contributed by atoms with Crippen molar-refractivity contribution in [3.05, 3.63) is 35.4 Å². The molecule has 1 amide bonds. The molecule has 0 aliphatic carbocycles. The topological polar surface area (TPSA) is 42.0 Å². The van der Waals surface area contributed by atoms with E-state index in [4.69, 9.17) is 0 Å². The van der Waals surface area contributed by atoms with Gasteiger partial charge in [-0.2, -0.15) is 4.39 Å². The molecule has 0 saturated carbocycles. The number of halogens is 1.